The Morgan fingerprint density at radius 1 is 1.21 bits per heavy atom. The van der Waals surface area contributed by atoms with Crippen molar-refractivity contribution in [1.82, 2.24) is 19.4 Å². The van der Waals surface area contributed by atoms with Crippen LogP contribution in [0.5, 0.6) is 0 Å². The monoisotopic (exact) mass is 340 g/mol. The number of amides is 1. The van der Waals surface area contributed by atoms with E-state index in [1.165, 1.54) is 29.4 Å². The van der Waals surface area contributed by atoms with E-state index in [1.807, 2.05) is 0 Å². The molecule has 130 valence electrons. The first-order chi connectivity index (χ1) is 11.4. The highest BCUT2D eigenvalue weighted by Crippen LogP contribution is 2.13. The first-order valence-corrected chi connectivity index (χ1v) is 7.33. The molecule has 0 fully saturated rings. The molecule has 0 saturated carbocycles. The molecule has 2 aromatic rings. The number of hydrogen-bond donors (Lipinski definition) is 0. The van der Waals surface area contributed by atoms with Gasteiger partial charge in [-0.1, -0.05) is 12.1 Å². The number of likely N-dealkylation sites (N-methyl/N-ethyl adjacent to an activating group) is 2. The van der Waals surface area contributed by atoms with Crippen molar-refractivity contribution in [3.05, 3.63) is 53.9 Å². The van der Waals surface area contributed by atoms with Gasteiger partial charge in [0.2, 0.25) is 5.91 Å². The van der Waals surface area contributed by atoms with Gasteiger partial charge < -0.3 is 4.90 Å². The zero-order valence-corrected chi connectivity index (χ0v) is 13.5. The number of rotatable bonds is 7. The van der Waals surface area contributed by atoms with E-state index in [0.29, 0.717) is 6.54 Å². The predicted molar refractivity (Wildman–Crippen MR) is 82.7 cm³/mol. The van der Waals surface area contributed by atoms with Crippen molar-refractivity contribution in [3.8, 4) is 0 Å². The molecule has 1 aromatic heterocycles. The van der Waals surface area contributed by atoms with Gasteiger partial charge in [0.15, 0.2) is 0 Å². The molecule has 0 saturated heterocycles. The first kappa shape index (κ1) is 18.0. The Labute approximate surface area is 138 Å². The number of benzene rings is 1. The smallest absolute Gasteiger partial charge is 0.319 e. The number of carbonyl (C=O) groups is 1. The van der Waals surface area contributed by atoms with Crippen LogP contribution < -0.4 is 0 Å². The molecule has 0 aliphatic rings. The summed E-state index contributed by atoms with van der Waals surface area (Å²) in [6.45, 7) is -2.12. The fraction of sp³-hybridized carbons (Fsp3) is 0.375. The number of hydrogen-bond acceptors (Lipinski definition) is 3. The summed E-state index contributed by atoms with van der Waals surface area (Å²) in [5, 5.41) is 0. The molecule has 2 rings (SSSR count). The molecule has 0 aliphatic carbocycles. The summed E-state index contributed by atoms with van der Waals surface area (Å²) in [4.78, 5) is 19.2. The largest absolute Gasteiger partial charge is 0.340 e. The Morgan fingerprint density at radius 3 is 2.50 bits per heavy atom. The minimum atomic E-state index is -2.66. The van der Waals surface area contributed by atoms with Gasteiger partial charge in [0.25, 0.3) is 0 Å². The van der Waals surface area contributed by atoms with E-state index in [1.54, 1.807) is 31.1 Å². The van der Waals surface area contributed by atoms with E-state index in [9.17, 15) is 18.0 Å². The second-order valence-electron chi connectivity index (χ2n) is 5.58. The van der Waals surface area contributed by atoms with Crippen LogP contribution in [0, 0.1) is 5.82 Å². The molecule has 1 amide bonds. The summed E-state index contributed by atoms with van der Waals surface area (Å²) < 4.78 is 39.2. The lowest BCUT2D eigenvalue weighted by atomic mass is 10.2. The van der Waals surface area contributed by atoms with E-state index in [2.05, 4.69) is 4.98 Å². The van der Waals surface area contributed by atoms with E-state index >= 15 is 0 Å². The molecular weight excluding hydrogens is 321 g/mol. The van der Waals surface area contributed by atoms with Crippen LogP contribution in [-0.2, 0) is 17.9 Å². The highest BCUT2D eigenvalue weighted by Gasteiger charge is 2.16. The van der Waals surface area contributed by atoms with Crippen LogP contribution in [0.1, 0.15) is 17.9 Å². The van der Waals surface area contributed by atoms with Gasteiger partial charge >= 0.3 is 6.55 Å². The van der Waals surface area contributed by atoms with Gasteiger partial charge in [-0.25, -0.2) is 9.37 Å². The van der Waals surface area contributed by atoms with Crippen LogP contribution in [0.15, 0.2) is 36.7 Å². The van der Waals surface area contributed by atoms with Crippen LogP contribution in [0.25, 0.3) is 0 Å². The highest BCUT2D eigenvalue weighted by molar-refractivity contribution is 5.77. The van der Waals surface area contributed by atoms with Crippen LogP contribution in [0.4, 0.5) is 13.2 Å². The molecule has 0 N–H and O–H groups in total. The normalized spacial score (nSPS) is 11.3. The molecule has 0 unspecified atom stereocenters. The van der Waals surface area contributed by atoms with Gasteiger partial charge in [0.05, 0.1) is 13.1 Å². The van der Waals surface area contributed by atoms with E-state index in [4.69, 9.17) is 0 Å². The molecule has 5 nitrogen and oxygen atoms in total. The Balaban J connectivity index is 1.88. The Kier molecular flexibility index (Phi) is 5.97. The van der Waals surface area contributed by atoms with Gasteiger partial charge in [-0.05, 0) is 24.7 Å². The number of nitrogens with zero attached hydrogens (tertiary/aromatic N) is 4. The molecule has 1 aromatic carbocycles. The third kappa shape index (κ3) is 4.82. The predicted octanol–water partition coefficient (Wildman–Crippen LogP) is 2.51. The lowest BCUT2D eigenvalue weighted by Gasteiger charge is -2.22. The van der Waals surface area contributed by atoms with Gasteiger partial charge in [-0.3, -0.25) is 14.3 Å². The minimum Gasteiger partial charge on any atom is -0.340 e. The quantitative estimate of drug-likeness (QED) is 0.778. The Hall–Kier alpha value is -2.35. The van der Waals surface area contributed by atoms with Crippen molar-refractivity contribution < 1.29 is 18.0 Å². The fourth-order valence-corrected chi connectivity index (χ4v) is 2.24. The van der Waals surface area contributed by atoms with Crippen LogP contribution in [0.3, 0.4) is 0 Å². The zero-order chi connectivity index (χ0) is 17.7. The van der Waals surface area contributed by atoms with Crippen molar-refractivity contribution in [2.75, 3.05) is 20.6 Å². The van der Waals surface area contributed by atoms with Gasteiger partial charge in [-0.2, -0.15) is 8.78 Å². The summed E-state index contributed by atoms with van der Waals surface area (Å²) in [7, 11) is 3.30. The maximum absolute atomic E-state index is 12.9. The van der Waals surface area contributed by atoms with E-state index < -0.39 is 6.55 Å². The molecule has 0 spiro atoms. The number of aromatic nitrogens is 2. The second-order valence-corrected chi connectivity index (χ2v) is 5.58. The summed E-state index contributed by atoms with van der Waals surface area (Å²) in [5.41, 5.74) is 0.808. The van der Waals surface area contributed by atoms with Gasteiger partial charge in [0.1, 0.15) is 11.6 Å². The Bertz CT molecular complexity index is 672. The van der Waals surface area contributed by atoms with Crippen molar-refractivity contribution in [3.63, 3.8) is 0 Å². The Morgan fingerprint density at radius 2 is 1.88 bits per heavy atom. The standard InChI is InChI=1S/C16H19F3N4O/c1-21(10-14-20-7-8-23(14)16(18)19)11-15(24)22(2)9-12-3-5-13(17)6-4-12/h3-8,16H,9-11H2,1-2H3. The van der Waals surface area contributed by atoms with Crippen molar-refractivity contribution >= 4 is 5.91 Å². The molecule has 8 heteroatoms. The van der Waals surface area contributed by atoms with Crippen LogP contribution >= 0.6 is 0 Å². The average molecular weight is 340 g/mol. The van der Waals surface area contributed by atoms with Gasteiger partial charge in [0, 0.05) is 26.0 Å². The topological polar surface area (TPSA) is 41.4 Å². The SMILES string of the molecule is CN(CC(=O)N(C)Cc1ccc(F)cc1)Cc1nccn1C(F)F. The number of halogens is 3. The first-order valence-electron chi connectivity index (χ1n) is 7.33. The van der Waals surface area contributed by atoms with Gasteiger partial charge in [-0.15, -0.1) is 0 Å². The number of alkyl halides is 2. The average Bonchev–Trinajstić information content (AvgIpc) is 2.97. The third-order valence-electron chi connectivity index (χ3n) is 3.53. The molecule has 0 bridgehead atoms. The summed E-state index contributed by atoms with van der Waals surface area (Å²) in [6, 6.07) is 5.90. The van der Waals surface area contributed by atoms with Crippen molar-refractivity contribution in [2.45, 2.75) is 19.6 Å². The lowest BCUT2D eigenvalue weighted by Crippen LogP contribution is -2.36. The van der Waals surface area contributed by atoms with Crippen molar-refractivity contribution in [2.24, 2.45) is 0 Å². The second kappa shape index (κ2) is 7.96. The molecular formula is C16H19F3N4O. The van der Waals surface area contributed by atoms with E-state index in [0.717, 1.165) is 10.1 Å². The molecule has 1 heterocycles. The van der Waals surface area contributed by atoms with Crippen LogP contribution in [-0.4, -0.2) is 45.9 Å². The number of imidazole rings is 1. The molecule has 0 radical (unpaired) electrons. The summed E-state index contributed by atoms with van der Waals surface area (Å²) >= 11 is 0. The molecule has 24 heavy (non-hydrogen) atoms. The molecule has 0 atom stereocenters. The van der Waals surface area contributed by atoms with Crippen molar-refractivity contribution in [1.29, 1.82) is 0 Å². The lowest BCUT2D eigenvalue weighted by molar-refractivity contribution is -0.131. The minimum absolute atomic E-state index is 0.0633. The third-order valence-corrected chi connectivity index (χ3v) is 3.53. The van der Waals surface area contributed by atoms with Crippen LogP contribution in [0.2, 0.25) is 0 Å². The van der Waals surface area contributed by atoms with E-state index in [-0.39, 0.29) is 30.6 Å². The zero-order valence-electron chi connectivity index (χ0n) is 13.5. The highest BCUT2D eigenvalue weighted by atomic mass is 19.3. The fourth-order valence-electron chi connectivity index (χ4n) is 2.24. The maximum atomic E-state index is 12.9. The number of carbonyl (C=O) groups excluding carboxylic acids is 1. The summed E-state index contributed by atoms with van der Waals surface area (Å²) in [6.07, 6.45) is 2.51. The summed E-state index contributed by atoms with van der Waals surface area (Å²) in [5.74, 6) is -0.305. The molecule has 0 aliphatic heterocycles. The maximum Gasteiger partial charge on any atom is 0.319 e.